The SMILES string of the molecule is CC(C)(C)c1ccc(OCCCC(=O)N2CCN(C(=O)c3cnccn3)CC2)cc1. The molecule has 0 bridgehead atoms. The molecule has 160 valence electrons. The van der Waals surface area contributed by atoms with Crippen LogP contribution in [0.4, 0.5) is 0 Å². The van der Waals surface area contributed by atoms with Gasteiger partial charge in [-0.3, -0.25) is 14.6 Å². The van der Waals surface area contributed by atoms with E-state index in [9.17, 15) is 9.59 Å². The molecule has 2 aromatic rings. The largest absolute Gasteiger partial charge is 0.494 e. The third kappa shape index (κ3) is 5.78. The zero-order valence-electron chi connectivity index (χ0n) is 18.0. The van der Waals surface area contributed by atoms with Gasteiger partial charge in [-0.25, -0.2) is 4.98 Å². The lowest BCUT2D eigenvalue weighted by atomic mass is 9.87. The van der Waals surface area contributed by atoms with Crippen LogP contribution in [-0.4, -0.2) is 64.4 Å². The minimum Gasteiger partial charge on any atom is -0.494 e. The van der Waals surface area contributed by atoms with E-state index in [1.54, 1.807) is 4.90 Å². The molecule has 1 aliphatic heterocycles. The number of rotatable bonds is 6. The maximum Gasteiger partial charge on any atom is 0.274 e. The Balaban J connectivity index is 1.36. The summed E-state index contributed by atoms with van der Waals surface area (Å²) in [6.07, 6.45) is 5.62. The van der Waals surface area contributed by atoms with Crippen LogP contribution >= 0.6 is 0 Å². The highest BCUT2D eigenvalue weighted by atomic mass is 16.5. The minimum atomic E-state index is -0.138. The van der Waals surface area contributed by atoms with Gasteiger partial charge in [-0.1, -0.05) is 32.9 Å². The number of carbonyl (C=O) groups excluding carboxylic acids is 2. The lowest BCUT2D eigenvalue weighted by molar-refractivity contribution is -0.132. The molecule has 0 aliphatic carbocycles. The van der Waals surface area contributed by atoms with E-state index in [1.165, 1.54) is 24.2 Å². The highest BCUT2D eigenvalue weighted by Gasteiger charge is 2.25. The fourth-order valence-corrected chi connectivity index (χ4v) is 3.35. The Labute approximate surface area is 178 Å². The van der Waals surface area contributed by atoms with Crippen molar-refractivity contribution in [3.8, 4) is 5.75 Å². The molecular weight excluding hydrogens is 380 g/mol. The van der Waals surface area contributed by atoms with Gasteiger partial charge in [0.2, 0.25) is 5.91 Å². The molecule has 0 radical (unpaired) electrons. The van der Waals surface area contributed by atoms with Crippen LogP contribution in [0.5, 0.6) is 5.75 Å². The highest BCUT2D eigenvalue weighted by molar-refractivity contribution is 5.92. The van der Waals surface area contributed by atoms with Crippen molar-refractivity contribution in [2.24, 2.45) is 0 Å². The Morgan fingerprint density at radius 3 is 2.27 bits per heavy atom. The Morgan fingerprint density at radius 1 is 1.00 bits per heavy atom. The fourth-order valence-electron chi connectivity index (χ4n) is 3.35. The van der Waals surface area contributed by atoms with Gasteiger partial charge in [-0.15, -0.1) is 0 Å². The van der Waals surface area contributed by atoms with Crippen molar-refractivity contribution >= 4 is 11.8 Å². The number of amides is 2. The number of nitrogens with zero attached hydrogens (tertiary/aromatic N) is 4. The Morgan fingerprint density at radius 2 is 1.67 bits per heavy atom. The van der Waals surface area contributed by atoms with Crippen molar-refractivity contribution in [2.75, 3.05) is 32.8 Å². The maximum atomic E-state index is 12.5. The Bertz CT molecular complexity index is 839. The van der Waals surface area contributed by atoms with E-state index in [1.807, 2.05) is 17.0 Å². The topological polar surface area (TPSA) is 75.6 Å². The van der Waals surface area contributed by atoms with Gasteiger partial charge in [0.25, 0.3) is 5.91 Å². The Hall–Kier alpha value is -2.96. The van der Waals surface area contributed by atoms with Crippen molar-refractivity contribution in [1.29, 1.82) is 0 Å². The van der Waals surface area contributed by atoms with Crippen molar-refractivity contribution in [3.63, 3.8) is 0 Å². The molecule has 2 amide bonds. The number of aromatic nitrogens is 2. The van der Waals surface area contributed by atoms with Gasteiger partial charge in [0.1, 0.15) is 11.4 Å². The van der Waals surface area contributed by atoms with E-state index in [0.29, 0.717) is 51.3 Å². The van der Waals surface area contributed by atoms with Gasteiger partial charge in [0, 0.05) is 45.0 Å². The molecule has 0 unspecified atom stereocenters. The van der Waals surface area contributed by atoms with E-state index >= 15 is 0 Å². The fraction of sp³-hybridized carbons (Fsp3) is 0.478. The number of benzene rings is 1. The molecule has 1 fully saturated rings. The first-order valence-corrected chi connectivity index (χ1v) is 10.4. The minimum absolute atomic E-state index is 0.105. The zero-order chi connectivity index (χ0) is 21.6. The summed E-state index contributed by atoms with van der Waals surface area (Å²) >= 11 is 0. The molecule has 0 atom stereocenters. The quantitative estimate of drug-likeness (QED) is 0.685. The first-order valence-electron chi connectivity index (χ1n) is 10.4. The highest BCUT2D eigenvalue weighted by Crippen LogP contribution is 2.24. The van der Waals surface area contributed by atoms with Crippen LogP contribution in [0.25, 0.3) is 0 Å². The summed E-state index contributed by atoms with van der Waals surface area (Å²) in [6, 6.07) is 8.13. The molecular formula is C23H30N4O3. The smallest absolute Gasteiger partial charge is 0.274 e. The van der Waals surface area contributed by atoms with E-state index < -0.39 is 0 Å². The molecule has 3 rings (SSSR count). The summed E-state index contributed by atoms with van der Waals surface area (Å²) in [4.78, 5) is 36.4. The first-order chi connectivity index (χ1) is 14.3. The average molecular weight is 411 g/mol. The molecule has 7 heteroatoms. The molecule has 0 spiro atoms. The third-order valence-electron chi connectivity index (χ3n) is 5.23. The second-order valence-corrected chi connectivity index (χ2v) is 8.49. The van der Waals surface area contributed by atoms with Crippen molar-refractivity contribution in [2.45, 2.75) is 39.0 Å². The number of carbonyl (C=O) groups is 2. The van der Waals surface area contributed by atoms with Crippen LogP contribution in [0.1, 0.15) is 49.7 Å². The summed E-state index contributed by atoms with van der Waals surface area (Å²) in [5.74, 6) is 0.793. The van der Waals surface area contributed by atoms with E-state index in [-0.39, 0.29) is 17.2 Å². The summed E-state index contributed by atoms with van der Waals surface area (Å²) in [6.45, 7) is 9.15. The van der Waals surface area contributed by atoms with Crippen LogP contribution in [0.3, 0.4) is 0 Å². The van der Waals surface area contributed by atoms with Gasteiger partial charge in [-0.2, -0.15) is 0 Å². The summed E-state index contributed by atoms with van der Waals surface area (Å²) in [5, 5.41) is 0. The molecule has 1 aliphatic rings. The molecule has 1 aromatic heterocycles. The van der Waals surface area contributed by atoms with Crippen LogP contribution in [-0.2, 0) is 10.2 Å². The zero-order valence-corrected chi connectivity index (χ0v) is 18.0. The molecule has 0 saturated carbocycles. The molecule has 7 nitrogen and oxygen atoms in total. The standard InChI is InChI=1S/C23H30N4O3/c1-23(2,3)18-6-8-19(9-7-18)30-16-4-5-21(28)26-12-14-27(15-13-26)22(29)20-17-24-10-11-25-20/h6-11,17H,4-5,12-16H2,1-3H3. The van der Waals surface area contributed by atoms with Gasteiger partial charge >= 0.3 is 0 Å². The number of ether oxygens (including phenoxy) is 1. The van der Waals surface area contributed by atoms with E-state index in [4.69, 9.17) is 4.74 Å². The molecule has 30 heavy (non-hydrogen) atoms. The van der Waals surface area contributed by atoms with Crippen molar-refractivity contribution in [1.82, 2.24) is 19.8 Å². The van der Waals surface area contributed by atoms with Gasteiger partial charge < -0.3 is 14.5 Å². The van der Waals surface area contributed by atoms with Crippen LogP contribution < -0.4 is 4.74 Å². The number of hydrogen-bond acceptors (Lipinski definition) is 5. The monoisotopic (exact) mass is 410 g/mol. The van der Waals surface area contributed by atoms with E-state index in [0.717, 1.165) is 5.75 Å². The van der Waals surface area contributed by atoms with Crippen LogP contribution in [0.2, 0.25) is 0 Å². The summed E-state index contributed by atoms with van der Waals surface area (Å²) in [5.41, 5.74) is 1.72. The van der Waals surface area contributed by atoms with Crippen molar-refractivity contribution < 1.29 is 14.3 Å². The third-order valence-corrected chi connectivity index (χ3v) is 5.23. The lowest BCUT2D eigenvalue weighted by Crippen LogP contribution is -2.50. The molecule has 0 N–H and O–H groups in total. The normalized spacial score (nSPS) is 14.5. The second kappa shape index (κ2) is 9.69. The molecule has 1 aromatic carbocycles. The summed E-state index contributed by atoms with van der Waals surface area (Å²) < 4.78 is 5.77. The predicted octanol–water partition coefficient (Wildman–Crippen LogP) is 2.92. The van der Waals surface area contributed by atoms with Crippen LogP contribution in [0, 0.1) is 0 Å². The predicted molar refractivity (Wildman–Crippen MR) is 114 cm³/mol. The average Bonchev–Trinajstić information content (AvgIpc) is 2.76. The Kier molecular flexibility index (Phi) is 7.03. The van der Waals surface area contributed by atoms with Gasteiger partial charge in [-0.05, 0) is 29.5 Å². The second-order valence-electron chi connectivity index (χ2n) is 8.49. The number of hydrogen-bond donors (Lipinski definition) is 0. The first kappa shape index (κ1) is 21.7. The molecule has 1 saturated heterocycles. The van der Waals surface area contributed by atoms with Crippen LogP contribution in [0.15, 0.2) is 42.9 Å². The van der Waals surface area contributed by atoms with Gasteiger partial charge in [0.15, 0.2) is 0 Å². The summed E-state index contributed by atoms with van der Waals surface area (Å²) in [7, 11) is 0. The molecule has 2 heterocycles. The van der Waals surface area contributed by atoms with Crippen molar-refractivity contribution in [3.05, 3.63) is 54.1 Å². The van der Waals surface area contributed by atoms with Gasteiger partial charge in [0.05, 0.1) is 12.8 Å². The maximum absolute atomic E-state index is 12.5. The van der Waals surface area contributed by atoms with E-state index in [2.05, 4.69) is 42.9 Å². The number of piperazine rings is 1. The lowest BCUT2D eigenvalue weighted by Gasteiger charge is -2.34.